The van der Waals surface area contributed by atoms with Crippen LogP contribution in [0.4, 0.5) is 11.4 Å². The molecule has 1 aliphatic rings. The molecule has 0 bridgehead atoms. The first kappa shape index (κ1) is 19.3. The SMILES string of the molecule is Cc1ccsc1C(=O)Nc1ccc(C(=O)N2CCc3cccn3-c3ccccc32)cc1. The number of hydrogen-bond acceptors (Lipinski definition) is 3. The lowest BCUT2D eigenvalue weighted by Crippen LogP contribution is -2.32. The summed E-state index contributed by atoms with van der Waals surface area (Å²) >= 11 is 1.42. The van der Waals surface area contributed by atoms with Crippen LogP contribution < -0.4 is 10.2 Å². The van der Waals surface area contributed by atoms with E-state index < -0.39 is 0 Å². The molecule has 154 valence electrons. The van der Waals surface area contributed by atoms with E-state index in [4.69, 9.17) is 0 Å². The predicted molar refractivity (Wildman–Crippen MR) is 125 cm³/mol. The molecule has 4 aromatic rings. The van der Waals surface area contributed by atoms with E-state index in [1.54, 1.807) is 24.3 Å². The quantitative estimate of drug-likeness (QED) is 0.482. The summed E-state index contributed by atoms with van der Waals surface area (Å²) in [5, 5.41) is 4.81. The number of aryl methyl sites for hydroxylation is 1. The van der Waals surface area contributed by atoms with Crippen molar-refractivity contribution in [1.29, 1.82) is 0 Å². The zero-order valence-electron chi connectivity index (χ0n) is 17.0. The molecule has 1 aliphatic heterocycles. The van der Waals surface area contributed by atoms with Crippen LogP contribution >= 0.6 is 11.3 Å². The zero-order chi connectivity index (χ0) is 21.4. The van der Waals surface area contributed by atoms with Crippen molar-refractivity contribution in [1.82, 2.24) is 4.57 Å². The Labute approximate surface area is 184 Å². The molecule has 5 nitrogen and oxygen atoms in total. The number of carbonyl (C=O) groups is 2. The van der Waals surface area contributed by atoms with Gasteiger partial charge in [-0.15, -0.1) is 11.3 Å². The minimum atomic E-state index is -0.130. The van der Waals surface area contributed by atoms with Gasteiger partial charge in [0.1, 0.15) is 0 Å². The Morgan fingerprint density at radius 1 is 0.935 bits per heavy atom. The highest BCUT2D eigenvalue weighted by molar-refractivity contribution is 7.12. The predicted octanol–water partition coefficient (Wildman–Crippen LogP) is 5.30. The third kappa shape index (κ3) is 3.55. The number of para-hydroxylation sites is 2. The van der Waals surface area contributed by atoms with Crippen molar-refractivity contribution < 1.29 is 9.59 Å². The molecule has 0 radical (unpaired) electrons. The number of benzene rings is 2. The van der Waals surface area contributed by atoms with E-state index in [0.717, 1.165) is 23.4 Å². The number of carbonyl (C=O) groups excluding carboxylic acids is 2. The zero-order valence-corrected chi connectivity index (χ0v) is 17.9. The third-order valence-corrected chi connectivity index (χ3v) is 6.58. The Kier molecular flexibility index (Phi) is 4.92. The van der Waals surface area contributed by atoms with Gasteiger partial charge in [0.2, 0.25) is 0 Å². The number of nitrogens with zero attached hydrogens (tertiary/aromatic N) is 2. The molecular weight excluding hydrogens is 406 g/mol. The standard InChI is InChI=1S/C25H21N3O2S/c1-17-13-16-31-23(17)24(29)26-19-10-8-18(9-11-19)25(30)28-15-12-20-5-4-14-27(20)21-6-2-3-7-22(21)28/h2-11,13-14,16H,12,15H2,1H3,(H,26,29). The summed E-state index contributed by atoms with van der Waals surface area (Å²) in [6.45, 7) is 2.53. The minimum Gasteiger partial charge on any atom is -0.321 e. The molecule has 0 spiro atoms. The second kappa shape index (κ2) is 7.89. The molecule has 6 heteroatoms. The molecule has 3 heterocycles. The summed E-state index contributed by atoms with van der Waals surface area (Å²) in [4.78, 5) is 28.4. The first-order valence-corrected chi connectivity index (χ1v) is 11.0. The average Bonchev–Trinajstić information content (AvgIpc) is 3.40. The number of amides is 2. The van der Waals surface area contributed by atoms with Crippen molar-refractivity contribution in [3.8, 4) is 5.69 Å². The molecule has 0 saturated heterocycles. The van der Waals surface area contributed by atoms with Crippen LogP contribution in [-0.4, -0.2) is 22.9 Å². The van der Waals surface area contributed by atoms with Gasteiger partial charge >= 0.3 is 0 Å². The second-order valence-electron chi connectivity index (χ2n) is 7.53. The minimum absolute atomic E-state index is 0.0508. The normalized spacial score (nSPS) is 12.6. The van der Waals surface area contributed by atoms with Gasteiger partial charge in [-0.05, 0) is 72.5 Å². The molecule has 2 aromatic carbocycles. The maximum atomic E-state index is 13.4. The molecule has 0 aliphatic carbocycles. The molecule has 0 saturated carbocycles. The third-order valence-electron chi connectivity index (χ3n) is 5.56. The summed E-state index contributed by atoms with van der Waals surface area (Å²) in [6.07, 6.45) is 2.82. The van der Waals surface area contributed by atoms with Gasteiger partial charge in [-0.1, -0.05) is 12.1 Å². The van der Waals surface area contributed by atoms with Crippen LogP contribution in [-0.2, 0) is 6.42 Å². The maximum absolute atomic E-state index is 13.4. The summed E-state index contributed by atoms with van der Waals surface area (Å²) < 4.78 is 2.15. The van der Waals surface area contributed by atoms with Gasteiger partial charge in [0.05, 0.1) is 16.3 Å². The second-order valence-corrected chi connectivity index (χ2v) is 8.45. The fourth-order valence-electron chi connectivity index (χ4n) is 3.95. The Morgan fingerprint density at radius 2 is 1.71 bits per heavy atom. The molecule has 0 fully saturated rings. The Morgan fingerprint density at radius 3 is 2.45 bits per heavy atom. The van der Waals surface area contributed by atoms with Crippen molar-refractivity contribution >= 4 is 34.5 Å². The number of rotatable bonds is 3. The Balaban J connectivity index is 1.39. The Bertz CT molecular complexity index is 1270. The maximum Gasteiger partial charge on any atom is 0.265 e. The lowest BCUT2D eigenvalue weighted by molar-refractivity contribution is 0.0986. The van der Waals surface area contributed by atoms with E-state index >= 15 is 0 Å². The lowest BCUT2D eigenvalue weighted by Gasteiger charge is -2.23. The first-order valence-electron chi connectivity index (χ1n) is 10.1. The molecule has 2 aromatic heterocycles. The van der Waals surface area contributed by atoms with E-state index in [9.17, 15) is 9.59 Å². The van der Waals surface area contributed by atoms with Gasteiger partial charge in [0.15, 0.2) is 0 Å². The number of anilines is 2. The van der Waals surface area contributed by atoms with Crippen molar-refractivity contribution in [3.63, 3.8) is 0 Å². The van der Waals surface area contributed by atoms with Crippen LogP contribution in [0.1, 0.15) is 31.3 Å². The number of aromatic nitrogens is 1. The van der Waals surface area contributed by atoms with Crippen LogP contribution in [0.25, 0.3) is 5.69 Å². The molecule has 0 unspecified atom stereocenters. The van der Waals surface area contributed by atoms with Crippen molar-refractivity contribution in [2.75, 3.05) is 16.8 Å². The van der Waals surface area contributed by atoms with Crippen LogP contribution in [0, 0.1) is 6.92 Å². The van der Waals surface area contributed by atoms with Crippen LogP contribution in [0.3, 0.4) is 0 Å². The van der Waals surface area contributed by atoms with Gasteiger partial charge in [-0.2, -0.15) is 0 Å². The van der Waals surface area contributed by atoms with Crippen LogP contribution in [0.2, 0.25) is 0 Å². The summed E-state index contributed by atoms with van der Waals surface area (Å²) in [5.74, 6) is -0.180. The number of hydrogen-bond donors (Lipinski definition) is 1. The molecular formula is C25H21N3O2S. The van der Waals surface area contributed by atoms with E-state index in [-0.39, 0.29) is 11.8 Å². The molecule has 2 amide bonds. The molecule has 5 rings (SSSR count). The summed E-state index contributed by atoms with van der Waals surface area (Å²) in [7, 11) is 0. The van der Waals surface area contributed by atoms with Crippen molar-refractivity contribution in [2.24, 2.45) is 0 Å². The molecule has 1 N–H and O–H groups in total. The van der Waals surface area contributed by atoms with E-state index in [0.29, 0.717) is 22.7 Å². The number of nitrogens with one attached hydrogen (secondary N) is 1. The fourth-order valence-corrected chi connectivity index (χ4v) is 4.77. The van der Waals surface area contributed by atoms with Crippen molar-refractivity contribution in [3.05, 3.63) is 100 Å². The highest BCUT2D eigenvalue weighted by Gasteiger charge is 2.24. The van der Waals surface area contributed by atoms with Gasteiger partial charge in [-0.3, -0.25) is 9.59 Å². The number of thiophene rings is 1. The van der Waals surface area contributed by atoms with Crippen LogP contribution in [0.15, 0.2) is 78.3 Å². The van der Waals surface area contributed by atoms with Gasteiger partial charge in [0, 0.05) is 36.1 Å². The monoisotopic (exact) mass is 427 g/mol. The summed E-state index contributed by atoms with van der Waals surface area (Å²) in [6, 6.07) is 21.1. The first-order chi connectivity index (χ1) is 15.1. The van der Waals surface area contributed by atoms with Gasteiger partial charge in [-0.25, -0.2) is 0 Å². The van der Waals surface area contributed by atoms with Crippen molar-refractivity contribution in [2.45, 2.75) is 13.3 Å². The van der Waals surface area contributed by atoms with Crippen LogP contribution in [0.5, 0.6) is 0 Å². The Hall–Kier alpha value is -3.64. The number of fused-ring (bicyclic) bond motifs is 3. The van der Waals surface area contributed by atoms with E-state index in [1.807, 2.05) is 59.8 Å². The topological polar surface area (TPSA) is 54.3 Å². The molecule has 0 atom stereocenters. The highest BCUT2D eigenvalue weighted by Crippen LogP contribution is 2.30. The van der Waals surface area contributed by atoms with Gasteiger partial charge in [0.25, 0.3) is 11.8 Å². The lowest BCUT2D eigenvalue weighted by atomic mass is 10.1. The highest BCUT2D eigenvalue weighted by atomic mass is 32.1. The van der Waals surface area contributed by atoms with E-state index in [2.05, 4.69) is 16.0 Å². The largest absolute Gasteiger partial charge is 0.321 e. The smallest absolute Gasteiger partial charge is 0.265 e. The average molecular weight is 428 g/mol. The summed E-state index contributed by atoms with van der Waals surface area (Å²) in [5.41, 5.74) is 5.30. The molecule has 31 heavy (non-hydrogen) atoms. The fraction of sp³-hybridized carbons (Fsp3) is 0.120. The van der Waals surface area contributed by atoms with E-state index in [1.165, 1.54) is 17.0 Å². The van der Waals surface area contributed by atoms with Gasteiger partial charge < -0.3 is 14.8 Å².